The van der Waals surface area contributed by atoms with Crippen LogP contribution in [0.2, 0.25) is 0 Å². The van der Waals surface area contributed by atoms with Gasteiger partial charge >= 0.3 is 0 Å². The largest absolute Gasteiger partial charge is 0.348 e. The number of rotatable bonds is 7. The Morgan fingerprint density at radius 3 is 2.31 bits per heavy atom. The Kier molecular flexibility index (Phi) is 6.42. The van der Waals surface area contributed by atoms with Gasteiger partial charge in [0, 0.05) is 0 Å². The molecule has 0 fully saturated rings. The predicted octanol–water partition coefficient (Wildman–Crippen LogP) is 3.42. The Hall–Kier alpha value is -2.34. The van der Waals surface area contributed by atoms with Crippen molar-refractivity contribution in [1.29, 1.82) is 0 Å². The molecule has 26 heavy (non-hydrogen) atoms. The zero-order valence-electron chi connectivity index (χ0n) is 15.6. The number of carbonyl (C=O) groups excluding carboxylic acids is 1. The molecule has 5 nitrogen and oxygen atoms in total. The summed E-state index contributed by atoms with van der Waals surface area (Å²) in [5.41, 5.74) is 2.41. The fourth-order valence-electron chi connectivity index (χ4n) is 2.96. The monoisotopic (exact) mass is 374 g/mol. The summed E-state index contributed by atoms with van der Waals surface area (Å²) in [4.78, 5) is 12.9. The van der Waals surface area contributed by atoms with Gasteiger partial charge in [0.25, 0.3) is 0 Å². The summed E-state index contributed by atoms with van der Waals surface area (Å²) in [5, 5.41) is 2.94. The molecular weight excluding hydrogens is 348 g/mol. The Balaban J connectivity index is 2.31. The normalized spacial score (nSPS) is 13.7. The van der Waals surface area contributed by atoms with Crippen LogP contribution in [-0.4, -0.2) is 26.6 Å². The van der Waals surface area contributed by atoms with Gasteiger partial charge in [-0.25, -0.2) is 8.42 Å². The first-order valence-corrected chi connectivity index (χ1v) is 10.5. The van der Waals surface area contributed by atoms with E-state index in [1.165, 1.54) is 4.31 Å². The van der Waals surface area contributed by atoms with Crippen molar-refractivity contribution in [2.45, 2.75) is 39.3 Å². The van der Waals surface area contributed by atoms with E-state index in [4.69, 9.17) is 0 Å². The summed E-state index contributed by atoms with van der Waals surface area (Å²) in [5.74, 6) is -0.309. The number of aryl methyl sites for hydroxylation is 1. The Bertz CT molecular complexity index is 850. The number of hydrogen-bond donors (Lipinski definition) is 1. The summed E-state index contributed by atoms with van der Waals surface area (Å²) in [6, 6.07) is 15.7. The lowest BCUT2D eigenvalue weighted by atomic mass is 10.1. The molecule has 0 spiro atoms. The van der Waals surface area contributed by atoms with E-state index in [0.717, 1.165) is 17.4 Å². The Morgan fingerprint density at radius 2 is 1.77 bits per heavy atom. The van der Waals surface area contributed by atoms with Crippen molar-refractivity contribution < 1.29 is 13.2 Å². The molecule has 140 valence electrons. The van der Waals surface area contributed by atoms with Crippen molar-refractivity contribution >= 4 is 21.6 Å². The molecule has 1 N–H and O–H groups in total. The molecule has 0 bridgehead atoms. The standard InChI is InChI=1S/C20H26N2O3S/c1-5-19(20(23)21-16(3)17-11-7-6-8-12-17)22(26(4,24)25)18-13-9-10-15(2)14-18/h6-14,16,19H,5H2,1-4H3,(H,21,23)/t16-,19+/m1/s1. The second-order valence-corrected chi connectivity index (χ2v) is 8.32. The summed E-state index contributed by atoms with van der Waals surface area (Å²) < 4.78 is 26.1. The van der Waals surface area contributed by atoms with Crippen LogP contribution in [0.25, 0.3) is 0 Å². The molecule has 0 saturated heterocycles. The number of benzene rings is 2. The van der Waals surface area contributed by atoms with E-state index in [1.54, 1.807) is 18.2 Å². The van der Waals surface area contributed by atoms with Gasteiger partial charge in [-0.05, 0) is 43.5 Å². The maximum Gasteiger partial charge on any atom is 0.244 e. The fraction of sp³-hybridized carbons (Fsp3) is 0.350. The number of amides is 1. The van der Waals surface area contributed by atoms with Crippen LogP contribution in [0.15, 0.2) is 54.6 Å². The third-order valence-corrected chi connectivity index (χ3v) is 5.42. The number of sulfonamides is 1. The molecule has 2 aromatic rings. The molecule has 2 rings (SSSR count). The minimum atomic E-state index is -3.62. The molecule has 0 saturated carbocycles. The van der Waals surface area contributed by atoms with E-state index < -0.39 is 16.1 Å². The molecule has 0 aliphatic heterocycles. The smallest absolute Gasteiger partial charge is 0.244 e. The van der Waals surface area contributed by atoms with Gasteiger partial charge in [-0.15, -0.1) is 0 Å². The summed E-state index contributed by atoms with van der Waals surface area (Å²) >= 11 is 0. The Labute approximate surface area is 156 Å². The maximum absolute atomic E-state index is 12.9. The predicted molar refractivity (Wildman–Crippen MR) is 106 cm³/mol. The van der Waals surface area contributed by atoms with Gasteiger partial charge in [0.15, 0.2) is 0 Å². The van der Waals surface area contributed by atoms with E-state index in [0.29, 0.717) is 12.1 Å². The molecule has 0 unspecified atom stereocenters. The number of carbonyl (C=O) groups is 1. The third-order valence-electron chi connectivity index (χ3n) is 4.24. The SMILES string of the molecule is CC[C@@H](C(=O)N[C@H](C)c1ccccc1)N(c1cccc(C)c1)S(C)(=O)=O. The first-order valence-electron chi connectivity index (χ1n) is 8.65. The fourth-order valence-corrected chi connectivity index (χ4v) is 4.16. The minimum absolute atomic E-state index is 0.211. The topological polar surface area (TPSA) is 66.5 Å². The van der Waals surface area contributed by atoms with E-state index >= 15 is 0 Å². The van der Waals surface area contributed by atoms with Gasteiger partial charge in [-0.3, -0.25) is 9.10 Å². The van der Waals surface area contributed by atoms with Crippen LogP contribution in [0.5, 0.6) is 0 Å². The average molecular weight is 375 g/mol. The molecule has 2 aromatic carbocycles. The number of anilines is 1. The second-order valence-electron chi connectivity index (χ2n) is 6.46. The van der Waals surface area contributed by atoms with Crippen LogP contribution < -0.4 is 9.62 Å². The highest BCUT2D eigenvalue weighted by atomic mass is 32.2. The van der Waals surface area contributed by atoms with Crippen LogP contribution in [-0.2, 0) is 14.8 Å². The van der Waals surface area contributed by atoms with Crippen LogP contribution in [0, 0.1) is 6.92 Å². The van der Waals surface area contributed by atoms with Crippen LogP contribution in [0.1, 0.15) is 37.4 Å². The highest BCUT2D eigenvalue weighted by Gasteiger charge is 2.32. The number of nitrogens with one attached hydrogen (secondary N) is 1. The van der Waals surface area contributed by atoms with E-state index in [1.807, 2.05) is 57.2 Å². The van der Waals surface area contributed by atoms with E-state index in [2.05, 4.69) is 5.32 Å². The highest BCUT2D eigenvalue weighted by molar-refractivity contribution is 7.92. The van der Waals surface area contributed by atoms with Gasteiger partial charge in [0.05, 0.1) is 18.0 Å². The molecular formula is C20H26N2O3S. The van der Waals surface area contributed by atoms with Crippen LogP contribution >= 0.6 is 0 Å². The molecule has 0 heterocycles. The summed E-state index contributed by atoms with van der Waals surface area (Å²) in [7, 11) is -3.62. The third kappa shape index (κ3) is 4.85. The van der Waals surface area contributed by atoms with Crippen molar-refractivity contribution in [2.24, 2.45) is 0 Å². The average Bonchev–Trinajstić information content (AvgIpc) is 2.58. The quantitative estimate of drug-likeness (QED) is 0.807. The number of hydrogen-bond acceptors (Lipinski definition) is 3. The van der Waals surface area contributed by atoms with Gasteiger partial charge in [-0.1, -0.05) is 49.4 Å². The van der Waals surface area contributed by atoms with Gasteiger partial charge in [-0.2, -0.15) is 0 Å². The van der Waals surface area contributed by atoms with E-state index in [9.17, 15) is 13.2 Å². The molecule has 1 amide bonds. The lowest BCUT2D eigenvalue weighted by Gasteiger charge is -2.31. The van der Waals surface area contributed by atoms with Crippen LogP contribution in [0.4, 0.5) is 5.69 Å². The first kappa shape index (κ1) is 20.0. The van der Waals surface area contributed by atoms with Gasteiger partial charge in [0.2, 0.25) is 15.9 Å². The molecule has 0 aliphatic carbocycles. The van der Waals surface area contributed by atoms with Crippen molar-refractivity contribution in [3.63, 3.8) is 0 Å². The van der Waals surface area contributed by atoms with Gasteiger partial charge in [0.1, 0.15) is 6.04 Å². The zero-order valence-corrected chi connectivity index (χ0v) is 16.5. The zero-order chi connectivity index (χ0) is 19.3. The summed E-state index contributed by atoms with van der Waals surface area (Å²) in [6.45, 7) is 5.59. The van der Waals surface area contributed by atoms with Crippen molar-refractivity contribution in [3.8, 4) is 0 Å². The molecule has 2 atom stereocenters. The molecule has 0 radical (unpaired) electrons. The molecule has 6 heteroatoms. The van der Waals surface area contributed by atoms with Gasteiger partial charge < -0.3 is 5.32 Å². The highest BCUT2D eigenvalue weighted by Crippen LogP contribution is 2.24. The van der Waals surface area contributed by atoms with Crippen molar-refractivity contribution in [3.05, 3.63) is 65.7 Å². The van der Waals surface area contributed by atoms with Crippen molar-refractivity contribution in [2.75, 3.05) is 10.6 Å². The lowest BCUT2D eigenvalue weighted by molar-refractivity contribution is -0.122. The molecule has 0 aliphatic rings. The second kappa shape index (κ2) is 8.36. The summed E-state index contributed by atoms with van der Waals surface area (Å²) in [6.07, 6.45) is 1.50. The molecule has 0 aromatic heterocycles. The van der Waals surface area contributed by atoms with Crippen LogP contribution in [0.3, 0.4) is 0 Å². The first-order chi connectivity index (χ1) is 12.2. The maximum atomic E-state index is 12.9. The van der Waals surface area contributed by atoms with E-state index in [-0.39, 0.29) is 11.9 Å². The lowest BCUT2D eigenvalue weighted by Crippen LogP contribution is -2.49. The minimum Gasteiger partial charge on any atom is -0.348 e. The number of nitrogens with zero attached hydrogens (tertiary/aromatic N) is 1. The Morgan fingerprint density at radius 1 is 1.12 bits per heavy atom. The van der Waals surface area contributed by atoms with Crippen molar-refractivity contribution in [1.82, 2.24) is 5.32 Å².